The zero-order valence-electron chi connectivity index (χ0n) is 44.3. The fourth-order valence-electron chi connectivity index (χ4n) is 7.04. The summed E-state index contributed by atoms with van der Waals surface area (Å²) in [5, 5.41) is 0. The number of ether oxygens (including phenoxy) is 3. The van der Waals surface area contributed by atoms with Gasteiger partial charge in [-0.05, 0) is 122 Å². The molecule has 1 unspecified atom stereocenters. The van der Waals surface area contributed by atoms with Crippen LogP contribution in [-0.2, 0) is 28.6 Å². The summed E-state index contributed by atoms with van der Waals surface area (Å²) in [6.07, 6.45) is 78.8. The lowest BCUT2D eigenvalue weighted by Crippen LogP contribution is -2.30. The van der Waals surface area contributed by atoms with E-state index in [1.54, 1.807) is 0 Å². The zero-order chi connectivity index (χ0) is 50.0. The first kappa shape index (κ1) is 64.5. The molecule has 0 rings (SSSR count). The lowest BCUT2D eigenvalue weighted by molar-refractivity contribution is -0.166. The maximum atomic E-state index is 12.8. The quantitative estimate of drug-likeness (QED) is 0.0262. The first-order chi connectivity index (χ1) is 34.0. The number of hydrogen-bond donors (Lipinski definition) is 0. The summed E-state index contributed by atoms with van der Waals surface area (Å²) < 4.78 is 16.7. The van der Waals surface area contributed by atoms with E-state index < -0.39 is 6.10 Å². The molecule has 0 fully saturated rings. The van der Waals surface area contributed by atoms with Gasteiger partial charge in [0.05, 0.1) is 0 Å². The van der Waals surface area contributed by atoms with Crippen LogP contribution in [0.25, 0.3) is 0 Å². The third kappa shape index (κ3) is 54.4. The Morgan fingerprint density at radius 2 is 0.594 bits per heavy atom. The van der Waals surface area contributed by atoms with E-state index in [4.69, 9.17) is 14.2 Å². The van der Waals surface area contributed by atoms with Crippen LogP contribution in [0, 0.1) is 0 Å². The fourth-order valence-corrected chi connectivity index (χ4v) is 7.04. The Bertz CT molecular complexity index is 1510. The van der Waals surface area contributed by atoms with E-state index >= 15 is 0 Å². The number of esters is 3. The zero-order valence-corrected chi connectivity index (χ0v) is 44.3. The van der Waals surface area contributed by atoms with Crippen LogP contribution in [0.4, 0.5) is 0 Å². The van der Waals surface area contributed by atoms with E-state index in [1.165, 1.54) is 51.4 Å². The minimum atomic E-state index is -0.824. The Kier molecular flexibility index (Phi) is 52.5. The number of hydrogen-bond acceptors (Lipinski definition) is 6. The molecule has 0 amide bonds. The van der Waals surface area contributed by atoms with E-state index in [0.29, 0.717) is 19.3 Å². The Hall–Kier alpha value is -4.45. The first-order valence-electron chi connectivity index (χ1n) is 27.7. The smallest absolute Gasteiger partial charge is 0.306 e. The van der Waals surface area contributed by atoms with Gasteiger partial charge in [-0.25, -0.2) is 0 Å². The first-order valence-corrected chi connectivity index (χ1v) is 27.7. The number of allylic oxidation sites excluding steroid dienone is 22. The van der Waals surface area contributed by atoms with Gasteiger partial charge in [-0.3, -0.25) is 14.4 Å². The van der Waals surface area contributed by atoms with Gasteiger partial charge in [0.2, 0.25) is 0 Å². The second kappa shape index (κ2) is 56.1. The maximum absolute atomic E-state index is 12.8. The minimum Gasteiger partial charge on any atom is -0.462 e. The van der Waals surface area contributed by atoms with E-state index in [2.05, 4.69) is 142 Å². The largest absolute Gasteiger partial charge is 0.462 e. The molecule has 0 bridgehead atoms. The highest BCUT2D eigenvalue weighted by molar-refractivity contribution is 5.71. The van der Waals surface area contributed by atoms with Crippen LogP contribution < -0.4 is 0 Å². The summed E-state index contributed by atoms with van der Waals surface area (Å²) in [5.74, 6) is -1.03. The average molecular weight is 953 g/mol. The number of carbonyl (C=O) groups is 3. The van der Waals surface area contributed by atoms with Gasteiger partial charge >= 0.3 is 17.9 Å². The molecule has 0 aliphatic carbocycles. The van der Waals surface area contributed by atoms with Gasteiger partial charge in [0.15, 0.2) is 6.10 Å². The molecule has 0 spiro atoms. The molecule has 0 heterocycles. The van der Waals surface area contributed by atoms with Crippen LogP contribution in [0.1, 0.15) is 226 Å². The van der Waals surface area contributed by atoms with Gasteiger partial charge in [-0.1, -0.05) is 219 Å². The van der Waals surface area contributed by atoms with Crippen molar-refractivity contribution < 1.29 is 28.6 Å². The predicted molar refractivity (Wildman–Crippen MR) is 297 cm³/mol. The second-order valence-corrected chi connectivity index (χ2v) is 17.7. The van der Waals surface area contributed by atoms with E-state index in [1.807, 2.05) is 12.2 Å². The Morgan fingerprint density at radius 3 is 0.971 bits per heavy atom. The number of unbranched alkanes of at least 4 members (excludes halogenated alkanes) is 15. The van der Waals surface area contributed by atoms with Gasteiger partial charge in [0, 0.05) is 19.3 Å². The molecule has 0 saturated heterocycles. The fraction of sp³-hybridized carbons (Fsp3) is 0.603. The Morgan fingerprint density at radius 1 is 0.304 bits per heavy atom. The molecule has 388 valence electrons. The van der Waals surface area contributed by atoms with Crippen molar-refractivity contribution >= 4 is 17.9 Å². The predicted octanol–water partition coefficient (Wildman–Crippen LogP) is 18.6. The summed E-state index contributed by atoms with van der Waals surface area (Å²) in [7, 11) is 0. The van der Waals surface area contributed by atoms with E-state index in [-0.39, 0.29) is 37.5 Å². The topological polar surface area (TPSA) is 78.9 Å². The van der Waals surface area contributed by atoms with E-state index in [9.17, 15) is 14.4 Å². The van der Waals surface area contributed by atoms with Gasteiger partial charge in [0.25, 0.3) is 0 Å². The minimum absolute atomic E-state index is 0.118. The van der Waals surface area contributed by atoms with Crippen LogP contribution in [0.3, 0.4) is 0 Å². The standard InChI is InChI=1S/C63H100O6/c1-4-7-10-13-16-19-22-25-27-29-30-31-32-34-35-38-41-44-47-50-53-56-62(65)68-59-60(58-67-61(64)55-52-49-46-43-40-37-24-21-18-15-12-9-6-3)69-63(66)57-54-51-48-45-42-39-36-33-28-26-23-20-17-14-11-8-5-2/h7,9-10,12,16-21,25-28,30-31,34-35,37,40,46,49,60H,4-6,8,11,13-15,22-24,29,32-33,36,38-39,41-45,47-48,50-59H2,1-3H3/b10-7-,12-9-,19-16-,20-17-,21-18-,27-25-,28-26-,31-30-,35-34-,40-37-,49-46-. The highest BCUT2D eigenvalue weighted by Gasteiger charge is 2.19. The van der Waals surface area contributed by atoms with Crippen molar-refractivity contribution in [2.24, 2.45) is 0 Å². The van der Waals surface area contributed by atoms with Crippen molar-refractivity contribution in [1.29, 1.82) is 0 Å². The summed E-state index contributed by atoms with van der Waals surface area (Å²) in [6, 6.07) is 0. The van der Waals surface area contributed by atoms with Gasteiger partial charge in [-0.15, -0.1) is 0 Å². The molecule has 0 N–H and O–H groups in total. The third-order valence-corrected chi connectivity index (χ3v) is 11.1. The van der Waals surface area contributed by atoms with Gasteiger partial charge in [-0.2, -0.15) is 0 Å². The average Bonchev–Trinajstić information content (AvgIpc) is 3.35. The molecule has 6 nitrogen and oxygen atoms in total. The third-order valence-electron chi connectivity index (χ3n) is 11.1. The molecular formula is C63H100O6. The number of carbonyl (C=O) groups excluding carboxylic acids is 3. The lowest BCUT2D eigenvalue weighted by Gasteiger charge is -2.18. The highest BCUT2D eigenvalue weighted by Crippen LogP contribution is 2.13. The molecule has 1 atom stereocenters. The van der Waals surface area contributed by atoms with Crippen LogP contribution in [0.5, 0.6) is 0 Å². The molecule has 0 aromatic heterocycles. The summed E-state index contributed by atoms with van der Waals surface area (Å²) in [4.78, 5) is 38.1. The van der Waals surface area contributed by atoms with Crippen LogP contribution in [0.15, 0.2) is 134 Å². The second-order valence-electron chi connectivity index (χ2n) is 17.7. The maximum Gasteiger partial charge on any atom is 0.306 e. The molecular weight excluding hydrogens is 853 g/mol. The van der Waals surface area contributed by atoms with E-state index in [0.717, 1.165) is 128 Å². The molecule has 0 saturated carbocycles. The highest BCUT2D eigenvalue weighted by atomic mass is 16.6. The van der Waals surface area contributed by atoms with Crippen LogP contribution in [-0.4, -0.2) is 37.2 Å². The number of rotatable bonds is 48. The van der Waals surface area contributed by atoms with Crippen molar-refractivity contribution in [2.45, 2.75) is 232 Å². The van der Waals surface area contributed by atoms with Crippen molar-refractivity contribution in [3.05, 3.63) is 134 Å². The van der Waals surface area contributed by atoms with Gasteiger partial charge in [0.1, 0.15) is 13.2 Å². The summed E-state index contributed by atoms with van der Waals surface area (Å²) >= 11 is 0. The SMILES string of the molecule is CC/C=C\C/C=C\C/C=C\C/C=C\C/C=C\CCCCCCCC(=O)OCC(COC(=O)CC/C=C\C/C=C\C/C=C\C/C=C\CC)OC(=O)CCCCCCCCC/C=C\C/C=C\CCCCC. The van der Waals surface area contributed by atoms with Crippen molar-refractivity contribution in [3.8, 4) is 0 Å². The van der Waals surface area contributed by atoms with Crippen LogP contribution >= 0.6 is 0 Å². The van der Waals surface area contributed by atoms with Crippen molar-refractivity contribution in [3.63, 3.8) is 0 Å². The van der Waals surface area contributed by atoms with Gasteiger partial charge < -0.3 is 14.2 Å². The summed E-state index contributed by atoms with van der Waals surface area (Å²) in [6.45, 7) is 6.28. The van der Waals surface area contributed by atoms with Crippen molar-refractivity contribution in [1.82, 2.24) is 0 Å². The molecule has 0 radical (unpaired) electrons. The molecule has 69 heavy (non-hydrogen) atoms. The normalized spacial score (nSPS) is 13.1. The monoisotopic (exact) mass is 953 g/mol. The Balaban J connectivity index is 4.51. The molecule has 0 aromatic rings. The molecule has 0 aromatic carbocycles. The Labute approximate surface area is 424 Å². The molecule has 6 heteroatoms. The van der Waals surface area contributed by atoms with Crippen molar-refractivity contribution in [2.75, 3.05) is 13.2 Å². The molecule has 0 aliphatic heterocycles. The lowest BCUT2D eigenvalue weighted by atomic mass is 10.1. The summed E-state index contributed by atoms with van der Waals surface area (Å²) in [5.41, 5.74) is 0. The molecule has 0 aliphatic rings. The van der Waals surface area contributed by atoms with Crippen LogP contribution in [0.2, 0.25) is 0 Å².